The molecule has 49 heavy (non-hydrogen) atoms. The molecule has 5 nitrogen and oxygen atoms in total. The number of para-hydroxylation sites is 6. The number of hydrogen-bond acceptors (Lipinski definition) is 2. The van der Waals surface area contributed by atoms with Crippen LogP contribution in [0.15, 0.2) is 164 Å². The van der Waals surface area contributed by atoms with Gasteiger partial charge in [0.1, 0.15) is 0 Å². The summed E-state index contributed by atoms with van der Waals surface area (Å²) >= 11 is 0. The van der Waals surface area contributed by atoms with Crippen LogP contribution in [0.1, 0.15) is 0 Å². The first-order valence-corrected chi connectivity index (χ1v) is 16.6. The normalized spacial score (nSPS) is 12.1. The lowest BCUT2D eigenvalue weighted by molar-refractivity contribution is 1.18. The lowest BCUT2D eigenvalue weighted by Gasteiger charge is -2.09. The topological polar surface area (TPSA) is 39.5 Å². The summed E-state index contributed by atoms with van der Waals surface area (Å²) in [6, 6.07) is 58.4. The number of rotatable bonds is 2. The maximum atomic E-state index is 5.30. The van der Waals surface area contributed by atoms with Crippen LogP contribution >= 0.6 is 0 Å². The van der Waals surface area contributed by atoms with Gasteiger partial charge in [-0.3, -0.25) is 8.80 Å². The van der Waals surface area contributed by atoms with Gasteiger partial charge in [-0.05, 0) is 77.9 Å². The number of benzene rings is 7. The van der Waals surface area contributed by atoms with E-state index in [9.17, 15) is 0 Å². The first kappa shape index (κ1) is 26.4. The van der Waals surface area contributed by atoms with Crippen molar-refractivity contribution < 1.29 is 0 Å². The Morgan fingerprint density at radius 2 is 0.816 bits per heavy atom. The molecule has 0 radical (unpaired) electrons. The lowest BCUT2D eigenvalue weighted by atomic mass is 10.0. The zero-order valence-electron chi connectivity index (χ0n) is 26.3. The zero-order valence-corrected chi connectivity index (χ0v) is 26.3. The van der Waals surface area contributed by atoms with E-state index in [0.717, 1.165) is 72.0 Å². The van der Waals surface area contributed by atoms with E-state index in [-0.39, 0.29) is 0 Å². The summed E-state index contributed by atoms with van der Waals surface area (Å²) in [7, 11) is 0. The van der Waals surface area contributed by atoms with E-state index >= 15 is 0 Å². The van der Waals surface area contributed by atoms with Crippen molar-refractivity contribution >= 4 is 77.0 Å². The third-order valence-corrected chi connectivity index (χ3v) is 10.0. The standard InChI is InChI=1S/C44H27N5/c1-2-12-30(13-3-1)47-37-18-8-6-16-33(37)34-26-28(23-25-40(34)47)29-22-24-36-42(27-29)49-39-20-10-5-15-32(39)31-14-4-9-19-38(31)48-41-21-11-7-17-35(41)45-43(48)44(49)46-36/h1-27H. The Kier molecular flexibility index (Phi) is 5.32. The molecule has 0 N–H and O–H groups in total. The van der Waals surface area contributed by atoms with Crippen molar-refractivity contribution in [3.63, 3.8) is 0 Å². The Bertz CT molecular complexity index is 3160. The Labute approximate surface area is 280 Å². The molecule has 0 saturated carbocycles. The van der Waals surface area contributed by atoms with Gasteiger partial charge in [-0.2, -0.15) is 0 Å². The van der Waals surface area contributed by atoms with Crippen LogP contribution in [-0.4, -0.2) is 23.3 Å². The molecule has 0 atom stereocenters. The fourth-order valence-electron chi connectivity index (χ4n) is 7.87. The molecular formula is C44H27N5. The van der Waals surface area contributed by atoms with Crippen molar-refractivity contribution in [2.45, 2.75) is 0 Å². The van der Waals surface area contributed by atoms with Gasteiger partial charge in [0.05, 0.1) is 44.1 Å². The Hall–Kier alpha value is -6.72. The first-order valence-electron chi connectivity index (χ1n) is 16.6. The first-order chi connectivity index (χ1) is 24.3. The molecule has 0 aliphatic carbocycles. The predicted octanol–water partition coefficient (Wildman–Crippen LogP) is 10.9. The minimum atomic E-state index is 0.826. The molecule has 7 aromatic carbocycles. The third-order valence-electron chi connectivity index (χ3n) is 10.0. The molecule has 0 aliphatic heterocycles. The summed E-state index contributed by atoms with van der Waals surface area (Å²) in [5.41, 5.74) is 13.7. The van der Waals surface area contributed by atoms with E-state index in [1.807, 2.05) is 6.07 Å². The average molecular weight is 626 g/mol. The highest BCUT2D eigenvalue weighted by Crippen LogP contribution is 2.37. The number of nitrogens with zero attached hydrogens (tertiary/aromatic N) is 5. The molecular weight excluding hydrogens is 599 g/mol. The summed E-state index contributed by atoms with van der Waals surface area (Å²) in [6.07, 6.45) is 0. The predicted molar refractivity (Wildman–Crippen MR) is 203 cm³/mol. The van der Waals surface area contributed by atoms with Gasteiger partial charge in [0.15, 0.2) is 11.3 Å². The highest BCUT2D eigenvalue weighted by Gasteiger charge is 2.18. The minimum Gasteiger partial charge on any atom is -0.309 e. The molecule has 228 valence electrons. The number of imidazole rings is 2. The van der Waals surface area contributed by atoms with E-state index in [1.165, 1.54) is 21.8 Å². The van der Waals surface area contributed by atoms with Crippen LogP contribution in [0.25, 0.3) is 93.8 Å². The van der Waals surface area contributed by atoms with Gasteiger partial charge in [0.2, 0.25) is 0 Å². The summed E-state index contributed by atoms with van der Waals surface area (Å²) in [5, 5.41) is 4.79. The van der Waals surface area contributed by atoms with Gasteiger partial charge in [-0.1, -0.05) is 97.1 Å². The number of hydrogen-bond donors (Lipinski definition) is 0. The largest absolute Gasteiger partial charge is 0.309 e. The average Bonchev–Trinajstić information content (AvgIpc) is 3.83. The summed E-state index contributed by atoms with van der Waals surface area (Å²) in [4.78, 5) is 10.5. The Balaban J connectivity index is 1.25. The van der Waals surface area contributed by atoms with E-state index in [4.69, 9.17) is 9.97 Å². The zero-order chi connectivity index (χ0) is 32.1. The van der Waals surface area contributed by atoms with Crippen molar-refractivity contribution in [1.82, 2.24) is 23.3 Å². The molecule has 0 saturated heterocycles. The SMILES string of the molecule is c1ccc(-n2c3ccccc3c3cc(-c4ccc5nc6c7nc8ccccc8n7c7ccccc7c7ccccc7n6c5c4)ccc32)cc1. The monoisotopic (exact) mass is 625 g/mol. The highest BCUT2D eigenvalue weighted by molar-refractivity contribution is 6.11. The van der Waals surface area contributed by atoms with Gasteiger partial charge < -0.3 is 4.57 Å². The molecule has 5 heteroatoms. The van der Waals surface area contributed by atoms with Crippen molar-refractivity contribution in [3.8, 4) is 16.8 Å². The minimum absolute atomic E-state index is 0.826. The number of aromatic nitrogens is 5. The third kappa shape index (κ3) is 3.70. The lowest BCUT2D eigenvalue weighted by Crippen LogP contribution is -1.94. The van der Waals surface area contributed by atoms with Gasteiger partial charge in [0, 0.05) is 27.2 Å². The summed E-state index contributed by atoms with van der Waals surface area (Å²) in [5.74, 6) is 0. The highest BCUT2D eigenvalue weighted by atomic mass is 15.1. The van der Waals surface area contributed by atoms with Crippen LogP contribution in [-0.2, 0) is 0 Å². The van der Waals surface area contributed by atoms with Crippen LogP contribution in [0.3, 0.4) is 0 Å². The van der Waals surface area contributed by atoms with Crippen molar-refractivity contribution in [3.05, 3.63) is 164 Å². The molecule has 0 spiro atoms. The molecule has 0 fully saturated rings. The van der Waals surface area contributed by atoms with E-state index in [1.54, 1.807) is 0 Å². The van der Waals surface area contributed by atoms with Gasteiger partial charge in [-0.25, -0.2) is 9.97 Å². The fraction of sp³-hybridized carbons (Fsp3) is 0. The van der Waals surface area contributed by atoms with Gasteiger partial charge in [0.25, 0.3) is 0 Å². The molecule has 4 heterocycles. The van der Waals surface area contributed by atoms with Gasteiger partial charge >= 0.3 is 0 Å². The van der Waals surface area contributed by atoms with E-state index < -0.39 is 0 Å². The van der Waals surface area contributed by atoms with Crippen molar-refractivity contribution in [2.24, 2.45) is 0 Å². The van der Waals surface area contributed by atoms with E-state index in [2.05, 4.69) is 171 Å². The maximum absolute atomic E-state index is 5.30. The second kappa shape index (κ2) is 9.89. The molecule has 11 aromatic rings. The molecule has 0 aliphatic rings. The molecule has 0 amide bonds. The van der Waals surface area contributed by atoms with Crippen molar-refractivity contribution in [2.75, 3.05) is 0 Å². The van der Waals surface area contributed by atoms with Crippen LogP contribution in [0.5, 0.6) is 0 Å². The van der Waals surface area contributed by atoms with Crippen LogP contribution in [0, 0.1) is 0 Å². The summed E-state index contributed by atoms with van der Waals surface area (Å²) < 4.78 is 6.94. The molecule has 0 unspecified atom stereocenters. The van der Waals surface area contributed by atoms with Crippen molar-refractivity contribution in [1.29, 1.82) is 0 Å². The molecule has 11 rings (SSSR count). The summed E-state index contributed by atoms with van der Waals surface area (Å²) in [6.45, 7) is 0. The second-order valence-corrected chi connectivity index (χ2v) is 12.7. The van der Waals surface area contributed by atoms with E-state index in [0.29, 0.717) is 0 Å². The van der Waals surface area contributed by atoms with Crippen LogP contribution in [0.2, 0.25) is 0 Å². The van der Waals surface area contributed by atoms with Crippen LogP contribution in [0.4, 0.5) is 0 Å². The van der Waals surface area contributed by atoms with Gasteiger partial charge in [-0.15, -0.1) is 0 Å². The quantitative estimate of drug-likeness (QED) is 0.192. The smallest absolute Gasteiger partial charge is 0.182 e. The Morgan fingerprint density at radius 1 is 0.327 bits per heavy atom. The number of fused-ring (bicyclic) bond motifs is 15. The second-order valence-electron chi connectivity index (χ2n) is 12.7. The fourth-order valence-corrected chi connectivity index (χ4v) is 7.87. The maximum Gasteiger partial charge on any atom is 0.182 e. The molecule has 4 aromatic heterocycles. The molecule has 0 bridgehead atoms. The Morgan fingerprint density at radius 3 is 1.53 bits per heavy atom. The van der Waals surface area contributed by atoms with Crippen LogP contribution < -0.4 is 0 Å².